The lowest BCUT2D eigenvalue weighted by molar-refractivity contribution is 0.0992. The average molecular weight is 496 g/mol. The maximum Gasteiger partial charge on any atom is 0.292 e. The lowest BCUT2D eigenvalue weighted by atomic mass is 9.92. The van der Waals surface area contributed by atoms with Crippen molar-refractivity contribution in [3.63, 3.8) is 0 Å². The van der Waals surface area contributed by atoms with Gasteiger partial charge in [-0.25, -0.2) is 9.97 Å². The number of rotatable bonds is 6. The monoisotopic (exact) mass is 495 g/mol. The lowest BCUT2D eigenvalue weighted by Gasteiger charge is -2.13. The summed E-state index contributed by atoms with van der Waals surface area (Å²) >= 11 is 3.39. The number of nitrogens with zero attached hydrogens (tertiary/aromatic N) is 4. The van der Waals surface area contributed by atoms with Crippen LogP contribution in [0.25, 0.3) is 5.95 Å². The summed E-state index contributed by atoms with van der Waals surface area (Å²) in [6.07, 6.45) is 3.24. The third-order valence-electron chi connectivity index (χ3n) is 4.54. The zero-order valence-corrected chi connectivity index (χ0v) is 19.5. The van der Waals surface area contributed by atoms with Crippen LogP contribution in [0, 0.1) is 0 Å². The third-order valence-corrected chi connectivity index (χ3v) is 5.07. The van der Waals surface area contributed by atoms with Crippen LogP contribution in [0.3, 0.4) is 0 Å². The highest BCUT2D eigenvalue weighted by Crippen LogP contribution is 2.26. The number of aromatic nitrogens is 4. The highest BCUT2D eigenvalue weighted by Gasteiger charge is 2.23. The molecule has 0 unspecified atom stereocenters. The molecule has 0 saturated carbocycles. The Morgan fingerprint density at radius 2 is 1.84 bits per heavy atom. The standard InChI is InChI=1S/C23H22BrN5O3/c1-23(2,3)19-13-20(29(28-19)22-25-11-4-12-26-22)27-21(30)18-10-9-17(32-18)14-31-16-7-5-15(24)6-8-16/h4-13H,14H2,1-3H3,(H,27,30). The minimum atomic E-state index is -0.405. The van der Waals surface area contributed by atoms with Gasteiger partial charge in [-0.2, -0.15) is 9.78 Å². The molecule has 0 spiro atoms. The van der Waals surface area contributed by atoms with Crippen LogP contribution < -0.4 is 10.1 Å². The van der Waals surface area contributed by atoms with Crippen molar-refractivity contribution in [1.82, 2.24) is 19.7 Å². The Kier molecular flexibility index (Phi) is 6.09. The molecule has 0 aliphatic heterocycles. The topological polar surface area (TPSA) is 95.1 Å². The molecule has 4 rings (SSSR count). The van der Waals surface area contributed by atoms with Crippen LogP contribution in [-0.2, 0) is 12.0 Å². The molecule has 9 heteroatoms. The van der Waals surface area contributed by atoms with E-state index in [0.29, 0.717) is 23.3 Å². The number of hydrogen-bond acceptors (Lipinski definition) is 6. The maximum absolute atomic E-state index is 12.8. The van der Waals surface area contributed by atoms with E-state index < -0.39 is 5.91 Å². The first-order chi connectivity index (χ1) is 15.3. The van der Waals surface area contributed by atoms with Crippen molar-refractivity contribution in [3.05, 3.63) is 82.6 Å². The van der Waals surface area contributed by atoms with Crippen molar-refractivity contribution < 1.29 is 13.9 Å². The number of ether oxygens (including phenoxy) is 1. The van der Waals surface area contributed by atoms with Gasteiger partial charge in [0.05, 0.1) is 5.69 Å². The predicted molar refractivity (Wildman–Crippen MR) is 123 cm³/mol. The van der Waals surface area contributed by atoms with Crippen LogP contribution in [0.5, 0.6) is 5.75 Å². The van der Waals surface area contributed by atoms with Gasteiger partial charge in [0.1, 0.15) is 23.9 Å². The van der Waals surface area contributed by atoms with E-state index in [2.05, 4.69) is 36.3 Å². The zero-order valence-electron chi connectivity index (χ0n) is 17.9. The molecule has 8 nitrogen and oxygen atoms in total. The molecule has 3 aromatic heterocycles. The SMILES string of the molecule is CC(C)(C)c1cc(NC(=O)c2ccc(COc3ccc(Br)cc3)o2)n(-c2ncccn2)n1. The van der Waals surface area contributed by atoms with Crippen LogP contribution in [0.15, 0.2) is 69.8 Å². The number of carbonyl (C=O) groups is 1. The van der Waals surface area contributed by atoms with Gasteiger partial charge in [-0.1, -0.05) is 36.7 Å². The van der Waals surface area contributed by atoms with Gasteiger partial charge in [0.2, 0.25) is 0 Å². The first-order valence-corrected chi connectivity index (χ1v) is 10.8. The fraction of sp³-hybridized carbons (Fsp3) is 0.217. The summed E-state index contributed by atoms with van der Waals surface area (Å²) in [6, 6.07) is 14.3. The van der Waals surface area contributed by atoms with Crippen LogP contribution in [-0.4, -0.2) is 25.7 Å². The first-order valence-electron chi connectivity index (χ1n) is 9.96. The first kappa shape index (κ1) is 21.8. The second-order valence-corrected chi connectivity index (χ2v) is 9.00. The second kappa shape index (κ2) is 8.96. The van der Waals surface area contributed by atoms with E-state index in [1.807, 2.05) is 51.1 Å². The number of furan rings is 1. The molecule has 0 saturated heterocycles. The van der Waals surface area contributed by atoms with Crippen LogP contribution >= 0.6 is 15.9 Å². The quantitative estimate of drug-likeness (QED) is 0.397. The summed E-state index contributed by atoms with van der Waals surface area (Å²) in [5.74, 6) is 1.82. The highest BCUT2D eigenvalue weighted by molar-refractivity contribution is 9.10. The average Bonchev–Trinajstić information content (AvgIpc) is 3.41. The molecule has 0 aliphatic carbocycles. The predicted octanol–water partition coefficient (Wildman–Crippen LogP) is 5.15. The van der Waals surface area contributed by atoms with Crippen LogP contribution in [0.2, 0.25) is 0 Å². The van der Waals surface area contributed by atoms with E-state index in [9.17, 15) is 4.79 Å². The van der Waals surface area contributed by atoms with E-state index in [4.69, 9.17) is 9.15 Å². The van der Waals surface area contributed by atoms with Gasteiger partial charge in [0.15, 0.2) is 5.76 Å². The number of amides is 1. The Balaban J connectivity index is 1.50. The Bertz CT molecular complexity index is 1210. The third kappa shape index (κ3) is 5.05. The molecule has 3 heterocycles. The number of carbonyl (C=O) groups excluding carboxylic acids is 1. The largest absolute Gasteiger partial charge is 0.486 e. The number of anilines is 1. The lowest BCUT2D eigenvalue weighted by Crippen LogP contribution is -2.16. The van der Waals surface area contributed by atoms with Gasteiger partial charge >= 0.3 is 0 Å². The number of halogens is 1. The molecule has 4 aromatic rings. The van der Waals surface area contributed by atoms with E-state index in [1.54, 1.807) is 30.6 Å². The Labute approximate surface area is 193 Å². The summed E-state index contributed by atoms with van der Waals surface area (Å²) < 4.78 is 13.9. The van der Waals surface area contributed by atoms with Gasteiger partial charge in [-0.15, -0.1) is 0 Å². The Hall–Kier alpha value is -3.46. The molecule has 164 valence electrons. The fourth-order valence-electron chi connectivity index (χ4n) is 2.83. The Morgan fingerprint density at radius 3 is 2.53 bits per heavy atom. The van der Waals surface area contributed by atoms with Crippen molar-refractivity contribution in [2.75, 3.05) is 5.32 Å². The van der Waals surface area contributed by atoms with Gasteiger partial charge in [0, 0.05) is 28.3 Å². The van der Waals surface area contributed by atoms with Gasteiger partial charge in [-0.05, 0) is 42.5 Å². The van der Waals surface area contributed by atoms with E-state index in [-0.39, 0.29) is 17.8 Å². The summed E-state index contributed by atoms with van der Waals surface area (Å²) in [6.45, 7) is 6.34. The number of benzene rings is 1. The molecular formula is C23H22BrN5O3. The Morgan fingerprint density at radius 1 is 1.12 bits per heavy atom. The molecule has 0 atom stereocenters. The van der Waals surface area contributed by atoms with Crippen molar-refractivity contribution in [2.24, 2.45) is 0 Å². The van der Waals surface area contributed by atoms with Crippen LogP contribution in [0.4, 0.5) is 5.82 Å². The molecule has 1 N–H and O–H groups in total. The highest BCUT2D eigenvalue weighted by atomic mass is 79.9. The van der Waals surface area contributed by atoms with Crippen molar-refractivity contribution >= 4 is 27.7 Å². The molecule has 32 heavy (non-hydrogen) atoms. The van der Waals surface area contributed by atoms with Crippen LogP contribution in [0.1, 0.15) is 42.8 Å². The van der Waals surface area contributed by atoms with Gasteiger partial charge in [0.25, 0.3) is 11.9 Å². The van der Waals surface area contributed by atoms with Gasteiger partial charge in [-0.3, -0.25) is 4.79 Å². The number of nitrogens with one attached hydrogen (secondary N) is 1. The van der Waals surface area contributed by atoms with E-state index in [1.165, 1.54) is 4.68 Å². The fourth-order valence-corrected chi connectivity index (χ4v) is 3.09. The summed E-state index contributed by atoms with van der Waals surface area (Å²) in [5, 5.41) is 7.45. The van der Waals surface area contributed by atoms with E-state index in [0.717, 1.165) is 10.2 Å². The molecular weight excluding hydrogens is 474 g/mol. The molecule has 0 bridgehead atoms. The summed E-state index contributed by atoms with van der Waals surface area (Å²) in [4.78, 5) is 21.3. The zero-order chi connectivity index (χ0) is 22.7. The molecule has 0 fully saturated rings. The normalized spacial score (nSPS) is 11.4. The van der Waals surface area contributed by atoms with Crippen molar-refractivity contribution in [2.45, 2.75) is 32.8 Å². The summed E-state index contributed by atoms with van der Waals surface area (Å²) in [5.41, 5.74) is 0.574. The molecule has 0 aliphatic rings. The summed E-state index contributed by atoms with van der Waals surface area (Å²) in [7, 11) is 0. The van der Waals surface area contributed by atoms with Gasteiger partial charge < -0.3 is 14.5 Å². The molecule has 1 aromatic carbocycles. The number of hydrogen-bond donors (Lipinski definition) is 1. The minimum absolute atomic E-state index is 0.165. The minimum Gasteiger partial charge on any atom is -0.486 e. The molecule has 0 radical (unpaired) electrons. The smallest absolute Gasteiger partial charge is 0.292 e. The van der Waals surface area contributed by atoms with E-state index >= 15 is 0 Å². The molecule has 1 amide bonds. The van der Waals surface area contributed by atoms with Crippen molar-refractivity contribution in [3.8, 4) is 11.7 Å². The van der Waals surface area contributed by atoms with Crippen molar-refractivity contribution in [1.29, 1.82) is 0 Å². The second-order valence-electron chi connectivity index (χ2n) is 8.09. The maximum atomic E-state index is 12.8.